The molecule has 1 atom stereocenters. The Morgan fingerprint density at radius 3 is 2.61 bits per heavy atom. The zero-order valence-corrected chi connectivity index (χ0v) is 13.4. The topological polar surface area (TPSA) is 24.9 Å². The molecule has 0 bridgehead atoms. The highest BCUT2D eigenvalue weighted by Gasteiger charge is 2.23. The van der Waals surface area contributed by atoms with Gasteiger partial charge in [0.2, 0.25) is 0 Å². The van der Waals surface area contributed by atoms with Crippen LogP contribution in [0.2, 0.25) is 0 Å². The van der Waals surface area contributed by atoms with Crippen molar-refractivity contribution in [1.29, 1.82) is 0 Å². The van der Waals surface area contributed by atoms with Gasteiger partial charge in [0, 0.05) is 17.5 Å². The molecule has 1 aromatic rings. The molecule has 0 aliphatic heterocycles. The number of nitrogens with zero attached hydrogens (tertiary/aromatic N) is 1. The minimum atomic E-state index is 0.412. The largest absolute Gasteiger partial charge is 0.314 e. The normalized spacial score (nSPS) is 15.0. The molecule has 0 radical (unpaired) electrons. The standard InChI is InChI=1S/C15H28N2S/c1-6-8-15(5,10-16-12(2)3)9-7-14-13(4)17-11-18-14/h11-12,16H,6-10H2,1-5H3. The number of hydrogen-bond donors (Lipinski definition) is 1. The molecule has 0 aliphatic carbocycles. The summed E-state index contributed by atoms with van der Waals surface area (Å²) in [7, 11) is 0. The van der Waals surface area contributed by atoms with Gasteiger partial charge in [-0.1, -0.05) is 34.1 Å². The Labute approximate surface area is 116 Å². The summed E-state index contributed by atoms with van der Waals surface area (Å²) in [5, 5.41) is 3.60. The third-order valence-electron chi connectivity index (χ3n) is 3.59. The number of thiazole rings is 1. The third-order valence-corrected chi connectivity index (χ3v) is 4.59. The molecule has 0 saturated heterocycles. The van der Waals surface area contributed by atoms with Crippen LogP contribution in [0.1, 0.15) is 57.5 Å². The molecule has 0 amide bonds. The van der Waals surface area contributed by atoms with Gasteiger partial charge < -0.3 is 5.32 Å². The highest BCUT2D eigenvalue weighted by Crippen LogP contribution is 2.30. The summed E-state index contributed by atoms with van der Waals surface area (Å²) >= 11 is 1.80. The Hall–Kier alpha value is -0.410. The molecule has 1 heterocycles. The first kappa shape index (κ1) is 15.6. The zero-order valence-electron chi connectivity index (χ0n) is 12.5. The van der Waals surface area contributed by atoms with Gasteiger partial charge in [-0.3, -0.25) is 0 Å². The molecule has 0 fully saturated rings. The average molecular weight is 268 g/mol. The zero-order chi connectivity index (χ0) is 13.6. The Balaban J connectivity index is 2.53. The molecule has 0 spiro atoms. The van der Waals surface area contributed by atoms with Crippen LogP contribution in [0.4, 0.5) is 0 Å². The van der Waals surface area contributed by atoms with Crippen LogP contribution in [0, 0.1) is 12.3 Å². The van der Waals surface area contributed by atoms with E-state index in [1.54, 1.807) is 11.3 Å². The maximum atomic E-state index is 4.34. The van der Waals surface area contributed by atoms with Gasteiger partial charge in [0.25, 0.3) is 0 Å². The first-order valence-corrected chi connectivity index (χ1v) is 7.97. The Bertz CT molecular complexity index is 346. The predicted octanol–water partition coefficient (Wildman–Crippen LogP) is 4.19. The van der Waals surface area contributed by atoms with Crippen molar-refractivity contribution < 1.29 is 0 Å². The van der Waals surface area contributed by atoms with Gasteiger partial charge in [0.05, 0.1) is 11.2 Å². The summed E-state index contributed by atoms with van der Waals surface area (Å²) in [4.78, 5) is 5.80. The van der Waals surface area contributed by atoms with E-state index in [9.17, 15) is 0 Å². The molecule has 1 aromatic heterocycles. The maximum absolute atomic E-state index is 4.34. The molecule has 0 aromatic carbocycles. The van der Waals surface area contributed by atoms with Crippen LogP contribution >= 0.6 is 11.3 Å². The Kier molecular flexibility index (Phi) is 6.30. The van der Waals surface area contributed by atoms with Crippen LogP contribution in [-0.4, -0.2) is 17.6 Å². The van der Waals surface area contributed by atoms with Gasteiger partial charge in [0.15, 0.2) is 0 Å². The molecular weight excluding hydrogens is 240 g/mol. The minimum Gasteiger partial charge on any atom is -0.314 e. The molecule has 1 N–H and O–H groups in total. The third kappa shape index (κ3) is 5.07. The summed E-state index contributed by atoms with van der Waals surface area (Å²) in [6, 6.07) is 0.575. The first-order valence-electron chi connectivity index (χ1n) is 7.09. The van der Waals surface area contributed by atoms with Gasteiger partial charge in [0.1, 0.15) is 0 Å². The van der Waals surface area contributed by atoms with E-state index in [1.165, 1.54) is 36.3 Å². The van der Waals surface area contributed by atoms with Crippen molar-refractivity contribution in [2.45, 2.75) is 66.3 Å². The van der Waals surface area contributed by atoms with Crippen LogP contribution in [0.3, 0.4) is 0 Å². The van der Waals surface area contributed by atoms with Crippen molar-refractivity contribution in [3.63, 3.8) is 0 Å². The number of hydrogen-bond acceptors (Lipinski definition) is 3. The number of nitrogens with one attached hydrogen (secondary N) is 1. The SMILES string of the molecule is CCCC(C)(CCc1scnc1C)CNC(C)C. The van der Waals surface area contributed by atoms with E-state index in [1.807, 2.05) is 5.51 Å². The summed E-state index contributed by atoms with van der Waals surface area (Å²) in [5.41, 5.74) is 3.60. The van der Waals surface area contributed by atoms with Crippen molar-refractivity contribution in [3.05, 3.63) is 16.1 Å². The number of rotatable bonds is 8. The second kappa shape index (κ2) is 7.25. The predicted molar refractivity (Wildman–Crippen MR) is 81.3 cm³/mol. The van der Waals surface area contributed by atoms with Crippen LogP contribution in [0.5, 0.6) is 0 Å². The van der Waals surface area contributed by atoms with Crippen molar-refractivity contribution in [1.82, 2.24) is 10.3 Å². The van der Waals surface area contributed by atoms with Crippen LogP contribution < -0.4 is 5.32 Å². The number of aryl methyl sites for hydroxylation is 2. The molecule has 0 saturated carbocycles. The van der Waals surface area contributed by atoms with E-state index >= 15 is 0 Å². The van der Waals surface area contributed by atoms with Crippen molar-refractivity contribution in [2.24, 2.45) is 5.41 Å². The molecule has 1 rings (SSSR count). The second-order valence-corrected chi connectivity index (χ2v) is 6.90. The fourth-order valence-corrected chi connectivity index (χ4v) is 3.12. The van der Waals surface area contributed by atoms with E-state index in [0.717, 1.165) is 6.54 Å². The van der Waals surface area contributed by atoms with Crippen LogP contribution in [0.25, 0.3) is 0 Å². The smallest absolute Gasteiger partial charge is 0.0797 e. The highest BCUT2D eigenvalue weighted by atomic mass is 32.1. The fraction of sp³-hybridized carbons (Fsp3) is 0.800. The molecule has 104 valence electrons. The lowest BCUT2D eigenvalue weighted by molar-refractivity contribution is 0.249. The van der Waals surface area contributed by atoms with E-state index in [4.69, 9.17) is 0 Å². The number of aromatic nitrogens is 1. The van der Waals surface area contributed by atoms with Crippen molar-refractivity contribution in [3.8, 4) is 0 Å². The fourth-order valence-electron chi connectivity index (χ4n) is 2.34. The lowest BCUT2D eigenvalue weighted by Crippen LogP contribution is -2.36. The Morgan fingerprint density at radius 2 is 2.11 bits per heavy atom. The summed E-state index contributed by atoms with van der Waals surface area (Å²) in [6.45, 7) is 12.4. The average Bonchev–Trinajstić information content (AvgIpc) is 2.70. The van der Waals surface area contributed by atoms with Crippen LogP contribution in [-0.2, 0) is 6.42 Å². The molecule has 2 nitrogen and oxygen atoms in total. The first-order chi connectivity index (χ1) is 8.47. The Morgan fingerprint density at radius 1 is 1.39 bits per heavy atom. The quantitative estimate of drug-likeness (QED) is 0.764. The monoisotopic (exact) mass is 268 g/mol. The molecule has 0 aliphatic rings. The lowest BCUT2D eigenvalue weighted by Gasteiger charge is -2.30. The summed E-state index contributed by atoms with van der Waals surface area (Å²) < 4.78 is 0. The van der Waals surface area contributed by atoms with Gasteiger partial charge in [-0.25, -0.2) is 4.98 Å². The van der Waals surface area contributed by atoms with E-state index in [2.05, 4.69) is 44.9 Å². The van der Waals surface area contributed by atoms with E-state index in [-0.39, 0.29) is 0 Å². The second-order valence-electron chi connectivity index (χ2n) is 5.96. The lowest BCUT2D eigenvalue weighted by atomic mass is 9.80. The molecule has 3 heteroatoms. The minimum absolute atomic E-state index is 0.412. The highest BCUT2D eigenvalue weighted by molar-refractivity contribution is 7.09. The molecular formula is C15H28N2S. The van der Waals surface area contributed by atoms with E-state index in [0.29, 0.717) is 11.5 Å². The van der Waals surface area contributed by atoms with Crippen molar-refractivity contribution >= 4 is 11.3 Å². The molecule has 18 heavy (non-hydrogen) atoms. The maximum Gasteiger partial charge on any atom is 0.0797 e. The van der Waals surface area contributed by atoms with Crippen molar-refractivity contribution in [2.75, 3.05) is 6.54 Å². The van der Waals surface area contributed by atoms with Gasteiger partial charge in [-0.15, -0.1) is 11.3 Å². The summed E-state index contributed by atoms with van der Waals surface area (Å²) in [6.07, 6.45) is 4.99. The van der Waals surface area contributed by atoms with Gasteiger partial charge in [-0.05, 0) is 31.6 Å². The van der Waals surface area contributed by atoms with Crippen LogP contribution in [0.15, 0.2) is 5.51 Å². The van der Waals surface area contributed by atoms with Gasteiger partial charge >= 0.3 is 0 Å². The molecule has 1 unspecified atom stereocenters. The van der Waals surface area contributed by atoms with E-state index < -0.39 is 0 Å². The van der Waals surface area contributed by atoms with Gasteiger partial charge in [-0.2, -0.15) is 0 Å². The summed E-state index contributed by atoms with van der Waals surface area (Å²) in [5.74, 6) is 0.